The molecular formula is C24H28Cl2N2O2. The fraction of sp³-hybridized carbons (Fsp3) is 0.458. The first-order valence-electron chi connectivity index (χ1n) is 10.8. The number of benzene rings is 2. The summed E-state index contributed by atoms with van der Waals surface area (Å²) in [6, 6.07) is 12.5. The van der Waals surface area contributed by atoms with E-state index in [1.165, 1.54) is 24.8 Å². The molecule has 1 amide bonds. The van der Waals surface area contributed by atoms with Gasteiger partial charge in [-0.3, -0.25) is 4.79 Å². The van der Waals surface area contributed by atoms with Crippen LogP contribution in [0.5, 0.6) is 5.75 Å². The van der Waals surface area contributed by atoms with E-state index in [0.717, 1.165) is 37.5 Å². The van der Waals surface area contributed by atoms with Gasteiger partial charge in [0, 0.05) is 18.5 Å². The lowest BCUT2D eigenvalue weighted by molar-refractivity contribution is -0.116. The molecule has 1 saturated heterocycles. The molecule has 0 radical (unpaired) electrons. The molecule has 4 nitrogen and oxygen atoms in total. The minimum atomic E-state index is -0.0201. The maximum Gasteiger partial charge on any atom is 0.224 e. The molecular weight excluding hydrogens is 419 g/mol. The molecule has 30 heavy (non-hydrogen) atoms. The summed E-state index contributed by atoms with van der Waals surface area (Å²) in [4.78, 5) is 14.2. The highest BCUT2D eigenvalue weighted by molar-refractivity contribution is 6.38. The van der Waals surface area contributed by atoms with E-state index in [-0.39, 0.29) is 5.91 Å². The smallest absolute Gasteiger partial charge is 0.224 e. The molecule has 1 fully saturated rings. The maximum atomic E-state index is 11.7. The van der Waals surface area contributed by atoms with Crippen molar-refractivity contribution in [3.05, 3.63) is 57.6 Å². The van der Waals surface area contributed by atoms with Gasteiger partial charge in [-0.15, -0.1) is 0 Å². The molecule has 2 aliphatic heterocycles. The third-order valence-corrected chi connectivity index (χ3v) is 6.67. The number of hydrogen-bond acceptors (Lipinski definition) is 3. The molecule has 0 spiro atoms. The summed E-state index contributed by atoms with van der Waals surface area (Å²) >= 11 is 12.6. The zero-order chi connectivity index (χ0) is 20.9. The molecule has 4 rings (SSSR count). The third-order valence-electron chi connectivity index (χ3n) is 6.09. The van der Waals surface area contributed by atoms with E-state index in [1.807, 2.05) is 0 Å². The Kier molecular flexibility index (Phi) is 7.19. The zero-order valence-electron chi connectivity index (χ0n) is 17.1. The Morgan fingerprint density at radius 1 is 1.07 bits per heavy atom. The number of nitrogens with zero attached hydrogens (tertiary/aromatic N) is 1. The quantitative estimate of drug-likeness (QED) is 0.562. The van der Waals surface area contributed by atoms with Gasteiger partial charge in [-0.05, 0) is 62.7 Å². The third kappa shape index (κ3) is 5.29. The maximum absolute atomic E-state index is 11.7. The van der Waals surface area contributed by atoms with Gasteiger partial charge < -0.3 is 15.0 Å². The van der Waals surface area contributed by atoms with Crippen molar-refractivity contribution in [2.24, 2.45) is 5.92 Å². The molecule has 6 heteroatoms. The van der Waals surface area contributed by atoms with Crippen LogP contribution in [-0.2, 0) is 17.6 Å². The number of hydrogen-bond donors (Lipinski definition) is 1. The molecule has 0 aromatic heterocycles. The molecule has 0 aliphatic carbocycles. The van der Waals surface area contributed by atoms with Crippen LogP contribution in [0.1, 0.15) is 36.8 Å². The zero-order valence-corrected chi connectivity index (χ0v) is 18.6. The fourth-order valence-corrected chi connectivity index (χ4v) is 5.05. The van der Waals surface area contributed by atoms with Gasteiger partial charge in [0.2, 0.25) is 5.91 Å². The Bertz CT molecular complexity index is 881. The molecule has 1 N–H and O–H groups in total. The first-order valence-corrected chi connectivity index (χ1v) is 11.6. The molecule has 2 heterocycles. The largest absolute Gasteiger partial charge is 0.492 e. The van der Waals surface area contributed by atoms with E-state index >= 15 is 0 Å². The van der Waals surface area contributed by atoms with Gasteiger partial charge in [0.05, 0.1) is 22.3 Å². The van der Waals surface area contributed by atoms with Crippen molar-refractivity contribution in [3.8, 4) is 5.75 Å². The Hall–Kier alpha value is -1.75. The Morgan fingerprint density at radius 2 is 1.83 bits per heavy atom. The monoisotopic (exact) mass is 446 g/mol. The second-order valence-electron chi connectivity index (χ2n) is 8.25. The van der Waals surface area contributed by atoms with E-state index < -0.39 is 0 Å². The fourth-order valence-electron chi connectivity index (χ4n) is 4.44. The second-order valence-corrected chi connectivity index (χ2v) is 9.06. The molecule has 0 unspecified atom stereocenters. The summed E-state index contributed by atoms with van der Waals surface area (Å²) in [5.41, 5.74) is 3.00. The SMILES string of the molecule is O=C1CCc2c(c(Cl)cc(Cl)c2OCCCN2CCC(Cc3ccccc3)CC2)N1. The number of likely N-dealkylation sites (tertiary alicyclic amines) is 1. The van der Waals surface area contributed by atoms with Crippen LogP contribution >= 0.6 is 23.2 Å². The number of fused-ring (bicyclic) bond motifs is 1. The topological polar surface area (TPSA) is 41.6 Å². The van der Waals surface area contributed by atoms with E-state index in [9.17, 15) is 4.79 Å². The minimum absolute atomic E-state index is 0.0201. The van der Waals surface area contributed by atoms with Gasteiger partial charge in [0.25, 0.3) is 0 Å². The average Bonchev–Trinajstić information content (AvgIpc) is 2.75. The summed E-state index contributed by atoms with van der Waals surface area (Å²) in [6.45, 7) is 3.94. The van der Waals surface area contributed by atoms with E-state index in [1.54, 1.807) is 6.07 Å². The number of rotatable bonds is 7. The number of ether oxygens (including phenoxy) is 1. The first-order chi connectivity index (χ1) is 14.6. The predicted molar refractivity (Wildman–Crippen MR) is 123 cm³/mol. The van der Waals surface area contributed by atoms with Crippen LogP contribution in [0, 0.1) is 5.92 Å². The Balaban J connectivity index is 1.23. The van der Waals surface area contributed by atoms with Crippen LogP contribution in [0.25, 0.3) is 0 Å². The molecule has 2 aliphatic rings. The van der Waals surface area contributed by atoms with E-state index in [0.29, 0.717) is 40.9 Å². The van der Waals surface area contributed by atoms with Gasteiger partial charge in [-0.2, -0.15) is 0 Å². The van der Waals surface area contributed by atoms with Gasteiger partial charge in [-0.25, -0.2) is 0 Å². The van der Waals surface area contributed by atoms with Gasteiger partial charge in [0.1, 0.15) is 5.75 Å². The average molecular weight is 447 g/mol. The molecule has 2 aromatic rings. The van der Waals surface area contributed by atoms with Crippen LogP contribution in [0.2, 0.25) is 10.0 Å². The highest BCUT2D eigenvalue weighted by atomic mass is 35.5. The lowest BCUT2D eigenvalue weighted by Gasteiger charge is -2.32. The Labute approximate surface area is 188 Å². The van der Waals surface area contributed by atoms with Crippen molar-refractivity contribution in [1.82, 2.24) is 4.90 Å². The van der Waals surface area contributed by atoms with Crippen molar-refractivity contribution in [3.63, 3.8) is 0 Å². The number of amides is 1. The molecule has 0 bridgehead atoms. The van der Waals surface area contributed by atoms with Crippen LogP contribution in [0.15, 0.2) is 36.4 Å². The van der Waals surface area contributed by atoms with E-state index in [4.69, 9.17) is 27.9 Å². The summed E-state index contributed by atoms with van der Waals surface area (Å²) in [7, 11) is 0. The standard InChI is InChI=1S/C24H28Cl2N2O2/c25-20-16-21(26)24(19-7-8-22(29)27-23(19)20)30-14-4-11-28-12-9-18(10-13-28)15-17-5-2-1-3-6-17/h1-3,5-6,16,18H,4,7-15H2,(H,27,29). The van der Waals surface area contributed by atoms with Crippen molar-refractivity contribution < 1.29 is 9.53 Å². The Morgan fingerprint density at radius 3 is 2.60 bits per heavy atom. The molecule has 160 valence electrons. The van der Waals surface area contributed by atoms with Crippen molar-refractivity contribution in [2.75, 3.05) is 31.6 Å². The summed E-state index contributed by atoms with van der Waals surface area (Å²) in [6.07, 6.45) is 5.68. The van der Waals surface area contributed by atoms with Crippen molar-refractivity contribution in [1.29, 1.82) is 0 Å². The lowest BCUT2D eigenvalue weighted by Crippen LogP contribution is -2.35. The number of halogens is 2. The highest BCUT2D eigenvalue weighted by Crippen LogP contribution is 2.42. The van der Waals surface area contributed by atoms with Gasteiger partial charge in [-0.1, -0.05) is 53.5 Å². The summed E-state index contributed by atoms with van der Waals surface area (Å²) in [5, 5.41) is 3.82. The lowest BCUT2D eigenvalue weighted by atomic mass is 9.90. The van der Waals surface area contributed by atoms with Crippen LogP contribution in [0.3, 0.4) is 0 Å². The predicted octanol–water partition coefficient (Wildman–Crippen LogP) is 5.60. The second kappa shape index (κ2) is 10.0. The molecule has 0 atom stereocenters. The van der Waals surface area contributed by atoms with Gasteiger partial charge >= 0.3 is 0 Å². The molecule has 2 aromatic carbocycles. The van der Waals surface area contributed by atoms with Gasteiger partial charge in [0.15, 0.2) is 0 Å². The van der Waals surface area contributed by atoms with Crippen LogP contribution in [0.4, 0.5) is 5.69 Å². The summed E-state index contributed by atoms with van der Waals surface area (Å²) < 4.78 is 6.05. The number of nitrogens with one attached hydrogen (secondary N) is 1. The highest BCUT2D eigenvalue weighted by Gasteiger charge is 2.24. The van der Waals surface area contributed by atoms with Crippen molar-refractivity contribution in [2.45, 2.75) is 38.5 Å². The van der Waals surface area contributed by atoms with Crippen molar-refractivity contribution >= 4 is 34.8 Å². The van der Waals surface area contributed by atoms with Crippen LogP contribution < -0.4 is 10.1 Å². The van der Waals surface area contributed by atoms with Crippen LogP contribution in [-0.4, -0.2) is 37.0 Å². The minimum Gasteiger partial charge on any atom is -0.492 e. The molecule has 0 saturated carbocycles. The number of anilines is 1. The van der Waals surface area contributed by atoms with E-state index in [2.05, 4.69) is 40.5 Å². The summed E-state index contributed by atoms with van der Waals surface area (Å²) in [5.74, 6) is 1.43. The number of carbonyl (C=O) groups excluding carboxylic acids is 1. The first kappa shape index (κ1) is 21.5. The number of piperidine rings is 1. The normalized spacial score (nSPS) is 17.5. The number of carbonyl (C=O) groups is 1.